The summed E-state index contributed by atoms with van der Waals surface area (Å²) < 4.78 is 0. The molecule has 2 amide bonds. The minimum Gasteiger partial charge on any atom is -0.395 e. The topological polar surface area (TPSA) is 134 Å². The number of rotatable bonds is 10. The first-order chi connectivity index (χ1) is 17.4. The summed E-state index contributed by atoms with van der Waals surface area (Å²) in [7, 11) is 3.39. The van der Waals surface area contributed by atoms with E-state index in [4.69, 9.17) is 5.26 Å². The second-order valence-corrected chi connectivity index (χ2v) is 8.04. The van der Waals surface area contributed by atoms with Gasteiger partial charge >= 0.3 is 0 Å². The maximum absolute atomic E-state index is 12.9. The van der Waals surface area contributed by atoms with Crippen LogP contribution in [0.3, 0.4) is 0 Å². The van der Waals surface area contributed by atoms with E-state index in [1.807, 2.05) is 30.0 Å². The quantitative estimate of drug-likeness (QED) is 0.372. The van der Waals surface area contributed by atoms with Crippen molar-refractivity contribution in [1.82, 2.24) is 20.2 Å². The van der Waals surface area contributed by atoms with E-state index in [-0.39, 0.29) is 25.0 Å². The fourth-order valence-corrected chi connectivity index (χ4v) is 3.59. The molecule has 36 heavy (non-hydrogen) atoms. The highest BCUT2D eigenvalue weighted by Crippen LogP contribution is 2.27. The monoisotopic (exact) mass is 487 g/mol. The van der Waals surface area contributed by atoms with Crippen LogP contribution in [0.4, 0.5) is 17.3 Å². The Labute approximate surface area is 210 Å². The Balaban J connectivity index is 1.86. The van der Waals surface area contributed by atoms with E-state index in [1.54, 1.807) is 56.7 Å². The van der Waals surface area contributed by atoms with Gasteiger partial charge in [0, 0.05) is 55.9 Å². The first-order valence-corrected chi connectivity index (χ1v) is 11.4. The highest BCUT2D eigenvalue weighted by molar-refractivity contribution is 6.00. The van der Waals surface area contributed by atoms with E-state index in [2.05, 4.69) is 20.6 Å². The molecule has 0 radical (unpaired) electrons. The minimum absolute atomic E-state index is 0.0183. The van der Waals surface area contributed by atoms with Gasteiger partial charge in [0.2, 0.25) is 5.95 Å². The predicted molar refractivity (Wildman–Crippen MR) is 138 cm³/mol. The molecule has 3 N–H and O–H groups in total. The third-order valence-corrected chi connectivity index (χ3v) is 5.41. The Morgan fingerprint density at radius 2 is 1.86 bits per heavy atom. The smallest absolute Gasteiger partial charge is 0.255 e. The molecule has 186 valence electrons. The van der Waals surface area contributed by atoms with Gasteiger partial charge in [0.1, 0.15) is 6.54 Å². The molecule has 1 aromatic heterocycles. The Morgan fingerprint density at radius 1 is 1.11 bits per heavy atom. The van der Waals surface area contributed by atoms with Crippen molar-refractivity contribution in [3.05, 3.63) is 65.9 Å². The number of anilines is 3. The molecular weight excluding hydrogens is 458 g/mol. The Kier molecular flexibility index (Phi) is 8.91. The van der Waals surface area contributed by atoms with Crippen LogP contribution in [0.5, 0.6) is 0 Å². The lowest BCUT2D eigenvalue weighted by Gasteiger charge is -2.26. The molecule has 10 nitrogen and oxygen atoms in total. The molecule has 2 aromatic carbocycles. The molecule has 0 aliphatic rings. The highest BCUT2D eigenvalue weighted by atomic mass is 16.3. The number of likely N-dealkylation sites (N-methyl/N-ethyl adjacent to an activating group) is 1. The number of aliphatic hydroxyl groups excluding tert-OH is 1. The van der Waals surface area contributed by atoms with Crippen molar-refractivity contribution in [1.29, 1.82) is 5.26 Å². The van der Waals surface area contributed by atoms with Crippen molar-refractivity contribution in [3.8, 4) is 17.3 Å². The molecule has 0 aliphatic heterocycles. The molecule has 0 saturated carbocycles. The zero-order valence-electron chi connectivity index (χ0n) is 20.5. The third kappa shape index (κ3) is 6.34. The zero-order valence-corrected chi connectivity index (χ0v) is 20.5. The van der Waals surface area contributed by atoms with Crippen molar-refractivity contribution < 1.29 is 14.7 Å². The molecule has 0 aliphatic carbocycles. The van der Waals surface area contributed by atoms with Gasteiger partial charge < -0.3 is 25.5 Å². The lowest BCUT2D eigenvalue weighted by molar-refractivity contribution is 0.0827. The summed E-state index contributed by atoms with van der Waals surface area (Å²) in [4.78, 5) is 37.2. The average molecular weight is 488 g/mol. The Hall–Kier alpha value is -4.49. The van der Waals surface area contributed by atoms with Crippen LogP contribution in [0.25, 0.3) is 11.3 Å². The van der Waals surface area contributed by atoms with Crippen molar-refractivity contribution in [2.24, 2.45) is 0 Å². The maximum Gasteiger partial charge on any atom is 0.255 e. The number of nitrogens with zero attached hydrogens (tertiary/aromatic N) is 5. The van der Waals surface area contributed by atoms with Crippen molar-refractivity contribution in [2.75, 3.05) is 50.6 Å². The summed E-state index contributed by atoms with van der Waals surface area (Å²) >= 11 is 0. The van der Waals surface area contributed by atoms with Crippen LogP contribution >= 0.6 is 0 Å². The second-order valence-electron chi connectivity index (χ2n) is 8.04. The summed E-state index contributed by atoms with van der Waals surface area (Å²) in [6.07, 6.45) is 1.62. The molecule has 1 heterocycles. The largest absolute Gasteiger partial charge is 0.395 e. The van der Waals surface area contributed by atoms with Crippen molar-refractivity contribution >= 4 is 29.1 Å². The molecule has 0 fully saturated rings. The summed E-state index contributed by atoms with van der Waals surface area (Å²) in [5.74, 6) is -0.124. The van der Waals surface area contributed by atoms with Crippen LogP contribution in [0, 0.1) is 11.3 Å². The standard InChI is InChI=1S/C26H29N7O3/c1-4-33(15-16-34)23-10-9-20(17-21(23)25(36)32(2)3)30-26-29-13-11-22(31-26)18-5-7-19(8-6-18)24(35)28-14-12-27/h5-11,13,17,34H,4,14-16H2,1-3H3,(H,28,35)(H,29,30,31). The summed E-state index contributed by atoms with van der Waals surface area (Å²) in [6.45, 7) is 2.96. The lowest BCUT2D eigenvalue weighted by Crippen LogP contribution is -2.30. The molecule has 3 aromatic rings. The number of hydrogen-bond acceptors (Lipinski definition) is 8. The molecule has 0 bridgehead atoms. The van der Waals surface area contributed by atoms with Gasteiger partial charge in [-0.1, -0.05) is 12.1 Å². The molecule has 0 unspecified atom stereocenters. The second kappa shape index (κ2) is 12.3. The van der Waals surface area contributed by atoms with Gasteiger partial charge in [-0.15, -0.1) is 0 Å². The molecular formula is C26H29N7O3. The van der Waals surface area contributed by atoms with E-state index in [0.717, 1.165) is 11.3 Å². The Bertz CT molecular complexity index is 1250. The molecule has 10 heteroatoms. The summed E-state index contributed by atoms with van der Waals surface area (Å²) in [6, 6.07) is 16.0. The summed E-state index contributed by atoms with van der Waals surface area (Å²) in [5.41, 5.74) is 3.77. The van der Waals surface area contributed by atoms with Crippen LogP contribution in [0.2, 0.25) is 0 Å². The molecule has 3 rings (SSSR count). The Morgan fingerprint density at radius 3 is 2.50 bits per heavy atom. The molecule has 0 saturated heterocycles. The number of carbonyl (C=O) groups excluding carboxylic acids is 2. The fraction of sp³-hybridized carbons (Fsp3) is 0.269. The van der Waals surface area contributed by atoms with Crippen LogP contribution < -0.4 is 15.5 Å². The lowest BCUT2D eigenvalue weighted by atomic mass is 10.1. The van der Waals surface area contributed by atoms with Gasteiger partial charge in [-0.3, -0.25) is 9.59 Å². The number of hydrogen-bond donors (Lipinski definition) is 3. The van der Waals surface area contributed by atoms with Crippen LogP contribution in [0.1, 0.15) is 27.6 Å². The van der Waals surface area contributed by atoms with Gasteiger partial charge in [0.05, 0.1) is 23.9 Å². The fourth-order valence-electron chi connectivity index (χ4n) is 3.59. The zero-order chi connectivity index (χ0) is 26.1. The van der Waals surface area contributed by atoms with E-state index >= 15 is 0 Å². The normalized spacial score (nSPS) is 10.3. The third-order valence-electron chi connectivity index (χ3n) is 5.41. The van der Waals surface area contributed by atoms with Gasteiger partial charge in [-0.2, -0.15) is 5.26 Å². The predicted octanol–water partition coefficient (Wildman–Crippen LogP) is 2.66. The van der Waals surface area contributed by atoms with Gasteiger partial charge in [0.15, 0.2) is 0 Å². The minimum atomic E-state index is -0.319. The number of nitrogens with one attached hydrogen (secondary N) is 2. The van der Waals surface area contributed by atoms with E-state index < -0.39 is 0 Å². The number of carbonyl (C=O) groups is 2. The van der Waals surface area contributed by atoms with E-state index in [9.17, 15) is 14.7 Å². The molecule has 0 spiro atoms. The summed E-state index contributed by atoms with van der Waals surface area (Å²) in [5, 5.41) is 23.7. The van der Waals surface area contributed by atoms with E-state index in [1.165, 1.54) is 4.90 Å². The van der Waals surface area contributed by atoms with Crippen LogP contribution in [0.15, 0.2) is 54.7 Å². The average Bonchev–Trinajstić information content (AvgIpc) is 2.90. The SMILES string of the molecule is CCN(CCO)c1ccc(Nc2nccc(-c3ccc(C(=O)NCC#N)cc3)n2)cc1C(=O)N(C)C. The van der Waals surface area contributed by atoms with Crippen LogP contribution in [-0.4, -0.2) is 72.1 Å². The maximum atomic E-state index is 12.9. The first kappa shape index (κ1) is 26.1. The van der Waals surface area contributed by atoms with Crippen LogP contribution in [-0.2, 0) is 0 Å². The van der Waals surface area contributed by atoms with Crippen molar-refractivity contribution in [2.45, 2.75) is 6.92 Å². The van der Waals surface area contributed by atoms with Gasteiger partial charge in [-0.05, 0) is 43.3 Å². The number of aliphatic hydroxyl groups is 1. The van der Waals surface area contributed by atoms with Gasteiger partial charge in [0.25, 0.3) is 11.8 Å². The number of amides is 2. The first-order valence-electron chi connectivity index (χ1n) is 11.4. The van der Waals surface area contributed by atoms with E-state index in [0.29, 0.717) is 41.5 Å². The number of aromatic nitrogens is 2. The number of benzene rings is 2. The van der Waals surface area contributed by atoms with Crippen molar-refractivity contribution in [3.63, 3.8) is 0 Å². The molecule has 0 atom stereocenters. The number of nitriles is 1. The highest BCUT2D eigenvalue weighted by Gasteiger charge is 2.18. The van der Waals surface area contributed by atoms with Gasteiger partial charge in [-0.25, -0.2) is 9.97 Å².